The van der Waals surface area contributed by atoms with Crippen LogP contribution in [0.1, 0.15) is 30.6 Å². The van der Waals surface area contributed by atoms with Crippen molar-refractivity contribution in [2.45, 2.75) is 26.3 Å². The molecule has 3 aromatic rings. The summed E-state index contributed by atoms with van der Waals surface area (Å²) in [6.45, 7) is 6.16. The van der Waals surface area contributed by atoms with Gasteiger partial charge in [-0.1, -0.05) is 43.3 Å². The zero-order valence-corrected chi connectivity index (χ0v) is 20.1. The van der Waals surface area contributed by atoms with Gasteiger partial charge in [-0.15, -0.1) is 10.2 Å². The number of rotatable bonds is 7. The minimum absolute atomic E-state index is 0.0318. The molecule has 2 amide bonds. The molecule has 7 nitrogen and oxygen atoms in total. The van der Waals surface area contributed by atoms with Gasteiger partial charge in [0.05, 0.1) is 5.69 Å². The van der Waals surface area contributed by atoms with Gasteiger partial charge in [-0.05, 0) is 43.7 Å². The van der Waals surface area contributed by atoms with E-state index in [0.29, 0.717) is 32.6 Å². The molecule has 1 saturated heterocycles. The maximum atomic E-state index is 13.7. The van der Waals surface area contributed by atoms with Gasteiger partial charge in [0.2, 0.25) is 5.91 Å². The Morgan fingerprint density at radius 1 is 0.971 bits per heavy atom. The lowest BCUT2D eigenvalue weighted by molar-refractivity contribution is -0.132. The van der Waals surface area contributed by atoms with E-state index in [0.717, 1.165) is 17.1 Å². The molecule has 1 atom stereocenters. The second-order valence-electron chi connectivity index (χ2n) is 8.71. The van der Waals surface area contributed by atoms with Gasteiger partial charge in [0.1, 0.15) is 12.4 Å². The van der Waals surface area contributed by atoms with Crippen molar-refractivity contribution >= 4 is 17.6 Å². The smallest absolute Gasteiger partial charge is 0.254 e. The van der Waals surface area contributed by atoms with Gasteiger partial charge in [-0.25, -0.2) is 4.39 Å². The van der Waals surface area contributed by atoms with Gasteiger partial charge >= 0.3 is 0 Å². The lowest BCUT2D eigenvalue weighted by Gasteiger charge is -2.37. The van der Waals surface area contributed by atoms with Gasteiger partial charge in [0.15, 0.2) is 5.82 Å². The van der Waals surface area contributed by atoms with Crippen LogP contribution in [0.25, 0.3) is 11.3 Å². The zero-order valence-electron chi connectivity index (χ0n) is 20.1. The molecule has 35 heavy (non-hydrogen) atoms. The van der Waals surface area contributed by atoms with Gasteiger partial charge in [0, 0.05) is 43.3 Å². The van der Waals surface area contributed by atoms with Crippen LogP contribution in [0.4, 0.5) is 10.2 Å². The van der Waals surface area contributed by atoms with Crippen LogP contribution in [-0.4, -0.2) is 70.6 Å². The first-order valence-electron chi connectivity index (χ1n) is 11.9. The fourth-order valence-electron chi connectivity index (χ4n) is 4.12. The average molecular weight is 476 g/mol. The lowest BCUT2D eigenvalue weighted by Crippen LogP contribution is -2.53. The molecular weight excluding hydrogens is 445 g/mol. The van der Waals surface area contributed by atoms with E-state index in [1.807, 2.05) is 56.3 Å². The second kappa shape index (κ2) is 11.1. The van der Waals surface area contributed by atoms with E-state index in [9.17, 15) is 14.0 Å². The van der Waals surface area contributed by atoms with Crippen LogP contribution in [-0.2, 0) is 4.79 Å². The number of amides is 2. The van der Waals surface area contributed by atoms with Gasteiger partial charge in [-0.3, -0.25) is 9.59 Å². The molecule has 1 aliphatic rings. The number of aromatic nitrogens is 2. The monoisotopic (exact) mass is 475 g/mol. The number of benzene rings is 2. The van der Waals surface area contributed by atoms with Crippen LogP contribution < -0.4 is 4.90 Å². The Hall–Kier alpha value is -3.81. The van der Waals surface area contributed by atoms with Crippen LogP contribution in [0.5, 0.6) is 0 Å². The molecule has 1 aromatic heterocycles. The van der Waals surface area contributed by atoms with Crippen molar-refractivity contribution in [3.63, 3.8) is 0 Å². The predicted molar refractivity (Wildman–Crippen MR) is 133 cm³/mol. The largest absolute Gasteiger partial charge is 0.352 e. The van der Waals surface area contributed by atoms with E-state index in [1.165, 1.54) is 23.1 Å². The van der Waals surface area contributed by atoms with E-state index >= 15 is 0 Å². The molecule has 0 N–H and O–H groups in total. The highest BCUT2D eigenvalue weighted by molar-refractivity contribution is 5.96. The number of piperazine rings is 1. The van der Waals surface area contributed by atoms with Crippen molar-refractivity contribution in [3.05, 3.63) is 78.1 Å². The van der Waals surface area contributed by atoms with Crippen molar-refractivity contribution in [3.8, 4) is 11.3 Å². The normalized spacial score (nSPS) is 14.5. The van der Waals surface area contributed by atoms with Crippen molar-refractivity contribution < 1.29 is 14.0 Å². The molecular formula is C27H30FN5O2. The molecule has 1 fully saturated rings. The van der Waals surface area contributed by atoms with Crippen LogP contribution in [0, 0.1) is 5.82 Å². The summed E-state index contributed by atoms with van der Waals surface area (Å²) in [6.07, 6.45) is 0.694. The van der Waals surface area contributed by atoms with E-state index in [-0.39, 0.29) is 30.0 Å². The molecule has 2 aromatic carbocycles. The van der Waals surface area contributed by atoms with Gasteiger partial charge < -0.3 is 14.7 Å². The Kier molecular flexibility index (Phi) is 7.70. The quantitative estimate of drug-likeness (QED) is 0.519. The number of carbonyl (C=O) groups excluding carboxylic acids is 2. The topological polar surface area (TPSA) is 69.6 Å². The van der Waals surface area contributed by atoms with Crippen LogP contribution in [0.15, 0.2) is 66.7 Å². The molecule has 1 aliphatic heterocycles. The van der Waals surface area contributed by atoms with Crippen molar-refractivity contribution in [2.75, 3.05) is 37.6 Å². The molecule has 4 rings (SSSR count). The molecule has 1 unspecified atom stereocenters. The third-order valence-electron chi connectivity index (χ3n) is 6.44. The van der Waals surface area contributed by atoms with E-state index in [1.54, 1.807) is 11.0 Å². The number of hydrogen-bond acceptors (Lipinski definition) is 5. The Balaban J connectivity index is 1.36. The lowest BCUT2D eigenvalue weighted by atomic mass is 10.1. The first-order chi connectivity index (χ1) is 17.0. The summed E-state index contributed by atoms with van der Waals surface area (Å²) in [5, 5.41) is 8.74. The molecule has 0 radical (unpaired) electrons. The van der Waals surface area contributed by atoms with Crippen LogP contribution in [0.3, 0.4) is 0 Å². The molecule has 0 bridgehead atoms. The molecule has 0 saturated carbocycles. The van der Waals surface area contributed by atoms with Crippen LogP contribution in [0.2, 0.25) is 0 Å². The van der Waals surface area contributed by atoms with Gasteiger partial charge in [-0.2, -0.15) is 0 Å². The Morgan fingerprint density at radius 2 is 1.71 bits per heavy atom. The summed E-state index contributed by atoms with van der Waals surface area (Å²) in [7, 11) is 0. The van der Waals surface area contributed by atoms with Crippen molar-refractivity contribution in [1.29, 1.82) is 0 Å². The number of carbonyl (C=O) groups is 2. The molecule has 0 aliphatic carbocycles. The SMILES string of the molecule is CCC(C)N(CC(=O)N1CCN(c2ccc(-c3ccccc3)nn2)CC1)C(=O)c1cccc(F)c1. The summed E-state index contributed by atoms with van der Waals surface area (Å²) < 4.78 is 13.7. The minimum Gasteiger partial charge on any atom is -0.352 e. The maximum Gasteiger partial charge on any atom is 0.254 e. The van der Waals surface area contributed by atoms with Crippen molar-refractivity contribution in [1.82, 2.24) is 20.0 Å². The number of anilines is 1. The second-order valence-corrected chi connectivity index (χ2v) is 8.71. The minimum atomic E-state index is -0.470. The first-order valence-corrected chi connectivity index (χ1v) is 11.9. The Labute approximate surface area is 205 Å². The van der Waals surface area contributed by atoms with Crippen LogP contribution >= 0.6 is 0 Å². The maximum absolute atomic E-state index is 13.7. The van der Waals surface area contributed by atoms with E-state index < -0.39 is 5.82 Å². The fourth-order valence-corrected chi connectivity index (χ4v) is 4.12. The molecule has 8 heteroatoms. The standard InChI is InChI=1S/C27H30FN5O2/c1-3-20(2)33(27(35)22-10-7-11-23(28)18-22)19-26(34)32-16-14-31(15-17-32)25-13-12-24(29-30-25)21-8-5-4-6-9-21/h4-13,18,20H,3,14-17,19H2,1-2H3. The highest BCUT2D eigenvalue weighted by Gasteiger charge is 2.28. The van der Waals surface area contributed by atoms with E-state index in [4.69, 9.17) is 0 Å². The summed E-state index contributed by atoms with van der Waals surface area (Å²) in [5.74, 6) is -0.138. The Morgan fingerprint density at radius 3 is 2.34 bits per heavy atom. The summed E-state index contributed by atoms with van der Waals surface area (Å²) >= 11 is 0. The average Bonchev–Trinajstić information content (AvgIpc) is 2.91. The van der Waals surface area contributed by atoms with Crippen molar-refractivity contribution in [2.24, 2.45) is 0 Å². The molecule has 182 valence electrons. The third-order valence-corrected chi connectivity index (χ3v) is 6.44. The summed E-state index contributed by atoms with van der Waals surface area (Å²) in [5.41, 5.74) is 2.08. The predicted octanol–water partition coefficient (Wildman–Crippen LogP) is 3.87. The highest BCUT2D eigenvalue weighted by atomic mass is 19.1. The molecule has 0 spiro atoms. The Bertz CT molecular complexity index is 1150. The summed E-state index contributed by atoms with van der Waals surface area (Å²) in [6, 6.07) is 19.3. The highest BCUT2D eigenvalue weighted by Crippen LogP contribution is 2.19. The first kappa shape index (κ1) is 24.3. The van der Waals surface area contributed by atoms with E-state index in [2.05, 4.69) is 15.1 Å². The van der Waals surface area contributed by atoms with Gasteiger partial charge in [0.25, 0.3) is 5.91 Å². The number of nitrogens with zero attached hydrogens (tertiary/aromatic N) is 5. The number of halogens is 1. The summed E-state index contributed by atoms with van der Waals surface area (Å²) in [4.78, 5) is 31.6. The molecule has 2 heterocycles. The fraction of sp³-hybridized carbons (Fsp3) is 0.333. The zero-order chi connectivity index (χ0) is 24.8. The third kappa shape index (κ3) is 5.82. The number of hydrogen-bond donors (Lipinski definition) is 0.